The maximum Gasteiger partial charge on any atom is 0.0898 e. The number of rotatable bonds is 9. The molecule has 1 unspecified atom stereocenters. The summed E-state index contributed by atoms with van der Waals surface area (Å²) in [5, 5.41) is 16.2. The Morgan fingerprint density at radius 1 is 1.04 bits per heavy atom. The molecule has 3 nitrogen and oxygen atoms in total. The molecule has 0 spiro atoms. The van der Waals surface area contributed by atoms with E-state index < -0.39 is 6.10 Å². The highest BCUT2D eigenvalue weighted by Gasteiger charge is 2.20. The van der Waals surface area contributed by atoms with Gasteiger partial charge in [0, 0.05) is 12.1 Å². The van der Waals surface area contributed by atoms with Crippen molar-refractivity contribution in [2.45, 2.75) is 58.8 Å². The van der Waals surface area contributed by atoms with E-state index in [1.807, 2.05) is 0 Å². The van der Waals surface area contributed by atoms with Gasteiger partial charge in [0.1, 0.15) is 0 Å². The summed E-state index contributed by atoms with van der Waals surface area (Å²) in [5.74, 6) is 0.463. The average molecular weight is 344 g/mol. The van der Waals surface area contributed by atoms with Crippen LogP contribution in [0.5, 0.6) is 0 Å². The Morgan fingerprint density at radius 3 is 2.40 bits per heavy atom. The molecule has 0 amide bonds. The summed E-state index contributed by atoms with van der Waals surface area (Å²) < 4.78 is 5.71. The molecule has 0 aromatic heterocycles. The highest BCUT2D eigenvalue weighted by Crippen LogP contribution is 2.19. The summed E-state index contributed by atoms with van der Waals surface area (Å²) in [5.41, 5.74) is 1.21. The highest BCUT2D eigenvalue weighted by molar-refractivity contribution is 5.83. The molecule has 2 N–H and O–H groups in total. The molecule has 0 saturated heterocycles. The summed E-state index contributed by atoms with van der Waals surface area (Å²) >= 11 is 0. The lowest BCUT2D eigenvalue weighted by Crippen LogP contribution is -2.46. The van der Waals surface area contributed by atoms with Gasteiger partial charge < -0.3 is 15.2 Å². The molecule has 0 aliphatic heterocycles. The van der Waals surface area contributed by atoms with Gasteiger partial charge in [-0.1, -0.05) is 56.3 Å². The van der Waals surface area contributed by atoms with Crippen LogP contribution in [0.1, 0.15) is 40.2 Å². The van der Waals surface area contributed by atoms with Crippen molar-refractivity contribution in [2.75, 3.05) is 13.2 Å². The fraction of sp³-hybridized carbons (Fsp3) is 0.545. The molecule has 25 heavy (non-hydrogen) atoms. The molecule has 138 valence electrons. The Morgan fingerprint density at radius 2 is 1.72 bits per heavy atom. The number of β-amino-alcohol motifs (C(OH)–C–C–N with tert-alkyl or cyclic N) is 1. The third kappa shape index (κ3) is 6.43. The van der Waals surface area contributed by atoms with E-state index in [0.717, 1.165) is 6.42 Å². The third-order valence-electron chi connectivity index (χ3n) is 4.77. The second-order valence-electron chi connectivity index (χ2n) is 8.06. The first-order valence-electron chi connectivity index (χ1n) is 9.29. The van der Waals surface area contributed by atoms with Gasteiger partial charge in [-0.25, -0.2) is 0 Å². The number of fused-ring (bicyclic) bond motifs is 1. The summed E-state index contributed by atoms with van der Waals surface area (Å²) in [6.07, 6.45) is 0.589. The Hall–Kier alpha value is -1.42. The highest BCUT2D eigenvalue weighted by atomic mass is 16.5. The topological polar surface area (TPSA) is 41.5 Å². The number of benzene rings is 2. The zero-order valence-electron chi connectivity index (χ0n) is 16.3. The van der Waals surface area contributed by atoms with Crippen molar-refractivity contribution in [2.24, 2.45) is 5.92 Å². The number of hydrogen-bond acceptors (Lipinski definition) is 3. The molecule has 2 aromatic rings. The van der Waals surface area contributed by atoms with Crippen molar-refractivity contribution >= 4 is 10.8 Å². The van der Waals surface area contributed by atoms with Crippen LogP contribution in [0.3, 0.4) is 0 Å². The molecule has 2 atom stereocenters. The van der Waals surface area contributed by atoms with E-state index in [4.69, 9.17) is 4.74 Å². The lowest BCUT2D eigenvalue weighted by molar-refractivity contribution is -0.0207. The molecule has 0 aliphatic carbocycles. The fourth-order valence-electron chi connectivity index (χ4n) is 2.83. The van der Waals surface area contributed by atoms with Crippen molar-refractivity contribution in [1.29, 1.82) is 0 Å². The first-order valence-corrected chi connectivity index (χ1v) is 9.29. The molecule has 0 radical (unpaired) electrons. The first-order chi connectivity index (χ1) is 11.8. The molecule has 0 aliphatic rings. The summed E-state index contributed by atoms with van der Waals surface area (Å²) in [7, 11) is 0. The van der Waals surface area contributed by atoms with Crippen LogP contribution >= 0.6 is 0 Å². The van der Waals surface area contributed by atoms with Crippen LogP contribution in [0.2, 0.25) is 0 Å². The predicted octanol–water partition coefficient (Wildman–Crippen LogP) is 4.17. The Kier molecular flexibility index (Phi) is 7.00. The molecular formula is C22H33NO2. The van der Waals surface area contributed by atoms with E-state index in [-0.39, 0.29) is 11.6 Å². The molecule has 0 saturated carbocycles. The zero-order chi connectivity index (χ0) is 18.4. The van der Waals surface area contributed by atoms with E-state index >= 15 is 0 Å². The monoisotopic (exact) mass is 343 g/mol. The SMILES string of the molecule is CC(C)C(C)OC[C@H](O)CNC(C)(C)Cc1ccc2ccccc2c1. The minimum absolute atomic E-state index is 0.0902. The van der Waals surface area contributed by atoms with Crippen molar-refractivity contribution in [3.8, 4) is 0 Å². The quantitative estimate of drug-likeness (QED) is 0.718. The average Bonchev–Trinajstić information content (AvgIpc) is 2.57. The fourth-order valence-corrected chi connectivity index (χ4v) is 2.83. The van der Waals surface area contributed by atoms with Gasteiger partial charge in [-0.15, -0.1) is 0 Å². The molecular weight excluding hydrogens is 310 g/mol. The van der Waals surface area contributed by atoms with Gasteiger partial charge in [0.05, 0.1) is 18.8 Å². The van der Waals surface area contributed by atoms with Gasteiger partial charge in [0.2, 0.25) is 0 Å². The summed E-state index contributed by atoms with van der Waals surface area (Å²) in [6, 6.07) is 15.0. The van der Waals surface area contributed by atoms with Crippen LogP contribution in [0.25, 0.3) is 10.8 Å². The van der Waals surface area contributed by atoms with E-state index in [1.54, 1.807) is 0 Å². The summed E-state index contributed by atoms with van der Waals surface area (Å²) in [4.78, 5) is 0. The van der Waals surface area contributed by atoms with Gasteiger partial charge in [0.25, 0.3) is 0 Å². The molecule has 2 rings (SSSR count). The van der Waals surface area contributed by atoms with Gasteiger partial charge >= 0.3 is 0 Å². The maximum absolute atomic E-state index is 10.2. The second kappa shape index (κ2) is 8.79. The van der Waals surface area contributed by atoms with Crippen molar-refractivity contribution in [3.63, 3.8) is 0 Å². The zero-order valence-corrected chi connectivity index (χ0v) is 16.3. The van der Waals surface area contributed by atoms with Crippen molar-refractivity contribution < 1.29 is 9.84 Å². The minimum atomic E-state index is -0.489. The maximum atomic E-state index is 10.2. The number of hydrogen-bond donors (Lipinski definition) is 2. The Bertz CT molecular complexity index is 666. The van der Waals surface area contributed by atoms with Crippen LogP contribution in [-0.2, 0) is 11.2 Å². The van der Waals surface area contributed by atoms with Gasteiger partial charge in [-0.2, -0.15) is 0 Å². The van der Waals surface area contributed by atoms with E-state index in [9.17, 15) is 5.11 Å². The van der Waals surface area contributed by atoms with E-state index in [1.165, 1.54) is 16.3 Å². The van der Waals surface area contributed by atoms with Crippen LogP contribution in [0, 0.1) is 5.92 Å². The number of ether oxygens (including phenoxy) is 1. The van der Waals surface area contributed by atoms with Gasteiger partial charge in [-0.3, -0.25) is 0 Å². The Labute approximate surface area is 152 Å². The number of aliphatic hydroxyl groups excluding tert-OH is 1. The molecule has 2 aromatic carbocycles. The second-order valence-corrected chi connectivity index (χ2v) is 8.06. The van der Waals surface area contributed by atoms with Crippen LogP contribution in [0.4, 0.5) is 0 Å². The van der Waals surface area contributed by atoms with Crippen LogP contribution in [-0.4, -0.2) is 36.0 Å². The standard InChI is InChI=1S/C22H33NO2/c1-16(2)17(3)25-15-21(24)14-23-22(4,5)13-18-10-11-19-8-6-7-9-20(19)12-18/h6-12,16-17,21,23-24H,13-15H2,1-5H3/t17?,21-/m1/s1. The third-order valence-corrected chi connectivity index (χ3v) is 4.77. The van der Waals surface area contributed by atoms with Crippen LogP contribution in [0.15, 0.2) is 42.5 Å². The minimum Gasteiger partial charge on any atom is -0.389 e. The van der Waals surface area contributed by atoms with Crippen molar-refractivity contribution in [1.82, 2.24) is 5.32 Å². The lowest BCUT2D eigenvalue weighted by Gasteiger charge is -2.28. The largest absolute Gasteiger partial charge is 0.389 e. The normalized spacial score (nSPS) is 14.8. The van der Waals surface area contributed by atoms with Crippen molar-refractivity contribution in [3.05, 3.63) is 48.0 Å². The van der Waals surface area contributed by atoms with E-state index in [2.05, 4.69) is 82.4 Å². The number of aliphatic hydroxyl groups is 1. The molecule has 0 bridgehead atoms. The van der Waals surface area contributed by atoms with Gasteiger partial charge in [-0.05, 0) is 49.4 Å². The molecule has 3 heteroatoms. The summed E-state index contributed by atoms with van der Waals surface area (Å²) in [6.45, 7) is 11.6. The van der Waals surface area contributed by atoms with Crippen LogP contribution < -0.4 is 5.32 Å². The number of nitrogens with one attached hydrogen (secondary N) is 1. The van der Waals surface area contributed by atoms with Gasteiger partial charge in [0.15, 0.2) is 0 Å². The Balaban J connectivity index is 1.85. The smallest absolute Gasteiger partial charge is 0.0898 e. The van der Waals surface area contributed by atoms with E-state index in [0.29, 0.717) is 19.1 Å². The predicted molar refractivity (Wildman–Crippen MR) is 106 cm³/mol. The lowest BCUT2D eigenvalue weighted by atomic mass is 9.93. The molecule has 0 fully saturated rings. The first kappa shape index (κ1) is 19.9. The molecule has 0 heterocycles.